The Balaban J connectivity index is 1.59. The molecular formula is C21H20N6OS. The van der Waals surface area contributed by atoms with Crippen LogP contribution in [0.2, 0.25) is 0 Å². The van der Waals surface area contributed by atoms with Crippen LogP contribution in [0.4, 0.5) is 11.6 Å². The van der Waals surface area contributed by atoms with Crippen molar-refractivity contribution in [3.63, 3.8) is 0 Å². The number of nitrogens with zero attached hydrogens (tertiary/aromatic N) is 4. The van der Waals surface area contributed by atoms with Crippen molar-refractivity contribution >= 4 is 39.1 Å². The van der Waals surface area contributed by atoms with E-state index in [4.69, 9.17) is 15.7 Å². The van der Waals surface area contributed by atoms with Crippen LogP contribution in [0.1, 0.15) is 22.4 Å². The van der Waals surface area contributed by atoms with Gasteiger partial charge in [-0.2, -0.15) is 5.10 Å². The molecule has 1 amide bonds. The Kier molecular flexibility index (Phi) is 4.28. The van der Waals surface area contributed by atoms with Gasteiger partial charge in [0.1, 0.15) is 11.4 Å². The van der Waals surface area contributed by atoms with Crippen molar-refractivity contribution in [1.29, 1.82) is 0 Å². The summed E-state index contributed by atoms with van der Waals surface area (Å²) in [5.41, 5.74) is 10.6. The maximum Gasteiger partial charge on any atom is 0.239 e. The summed E-state index contributed by atoms with van der Waals surface area (Å²) in [6, 6.07) is 8.45. The number of nitrogens with one attached hydrogen (secondary N) is 1. The monoisotopic (exact) mass is 404 g/mol. The summed E-state index contributed by atoms with van der Waals surface area (Å²) < 4.78 is 1.49. The van der Waals surface area contributed by atoms with Crippen molar-refractivity contribution in [3.8, 4) is 11.3 Å². The number of fused-ring (bicyclic) bond motifs is 3. The third kappa shape index (κ3) is 3.36. The number of nitrogens with two attached hydrogens (primary N) is 1. The van der Waals surface area contributed by atoms with E-state index in [9.17, 15) is 4.79 Å². The molecule has 0 spiro atoms. The van der Waals surface area contributed by atoms with Gasteiger partial charge >= 0.3 is 0 Å². The zero-order valence-electron chi connectivity index (χ0n) is 16.0. The molecule has 3 N–H and O–H groups in total. The van der Waals surface area contributed by atoms with Gasteiger partial charge in [-0.25, -0.2) is 9.97 Å². The fourth-order valence-corrected chi connectivity index (χ4v) is 5.04. The number of aromatic nitrogens is 4. The Labute approximate surface area is 171 Å². The summed E-state index contributed by atoms with van der Waals surface area (Å²) >= 11 is 1.76. The van der Waals surface area contributed by atoms with Gasteiger partial charge in [0, 0.05) is 22.0 Å². The molecule has 29 heavy (non-hydrogen) atoms. The second-order valence-corrected chi connectivity index (χ2v) is 8.40. The number of thiophene rings is 1. The lowest BCUT2D eigenvalue weighted by Crippen LogP contribution is -2.18. The average Bonchev–Trinajstić information content (AvgIpc) is 3.37. The van der Waals surface area contributed by atoms with Crippen molar-refractivity contribution in [2.75, 3.05) is 5.32 Å². The third-order valence-electron chi connectivity index (χ3n) is 5.10. The molecular weight excluding hydrogens is 384 g/mol. The van der Waals surface area contributed by atoms with Crippen molar-refractivity contribution in [1.82, 2.24) is 19.7 Å². The summed E-state index contributed by atoms with van der Waals surface area (Å²) in [4.78, 5) is 23.2. The Morgan fingerprint density at radius 3 is 2.86 bits per heavy atom. The molecule has 3 heterocycles. The molecule has 7 nitrogen and oxygen atoms in total. The SMILES string of the molecule is Cc1ccc(-c2nc(Nc3cnn(CC(N)=O)c3)nc3sc4c(c23)CCC4)cc1. The molecule has 1 aromatic carbocycles. The molecule has 1 aliphatic carbocycles. The van der Waals surface area contributed by atoms with Crippen LogP contribution in [0, 0.1) is 6.92 Å². The van der Waals surface area contributed by atoms with Crippen LogP contribution in [-0.4, -0.2) is 25.7 Å². The largest absolute Gasteiger partial charge is 0.368 e. The second kappa shape index (κ2) is 6.97. The lowest BCUT2D eigenvalue weighted by atomic mass is 10.0. The molecule has 0 saturated carbocycles. The zero-order valence-corrected chi connectivity index (χ0v) is 16.8. The number of aryl methyl sites for hydroxylation is 3. The lowest BCUT2D eigenvalue weighted by Gasteiger charge is -2.09. The van der Waals surface area contributed by atoms with Crippen LogP contribution < -0.4 is 11.1 Å². The van der Waals surface area contributed by atoms with Gasteiger partial charge < -0.3 is 11.1 Å². The highest BCUT2D eigenvalue weighted by Crippen LogP contribution is 2.41. The predicted molar refractivity (Wildman–Crippen MR) is 114 cm³/mol. The molecule has 0 saturated heterocycles. The fraction of sp³-hybridized carbons (Fsp3) is 0.238. The molecule has 1 aliphatic rings. The number of benzene rings is 1. The van der Waals surface area contributed by atoms with Gasteiger partial charge in [0.2, 0.25) is 11.9 Å². The quantitative estimate of drug-likeness (QED) is 0.530. The highest BCUT2D eigenvalue weighted by molar-refractivity contribution is 7.19. The van der Waals surface area contributed by atoms with E-state index < -0.39 is 5.91 Å². The summed E-state index contributed by atoms with van der Waals surface area (Å²) in [7, 11) is 0. The van der Waals surface area contributed by atoms with E-state index >= 15 is 0 Å². The van der Waals surface area contributed by atoms with Crippen LogP contribution in [-0.2, 0) is 24.2 Å². The first kappa shape index (κ1) is 17.8. The average molecular weight is 404 g/mol. The van der Waals surface area contributed by atoms with Gasteiger partial charge in [-0.05, 0) is 31.7 Å². The van der Waals surface area contributed by atoms with Gasteiger partial charge in [0.15, 0.2) is 0 Å². The van der Waals surface area contributed by atoms with Crippen molar-refractivity contribution in [2.45, 2.75) is 32.7 Å². The molecule has 5 rings (SSSR count). The van der Waals surface area contributed by atoms with E-state index in [0.717, 1.165) is 28.9 Å². The highest BCUT2D eigenvalue weighted by atomic mass is 32.1. The minimum atomic E-state index is -0.438. The number of primary amides is 1. The maximum absolute atomic E-state index is 11.1. The van der Waals surface area contributed by atoms with E-state index in [1.165, 1.54) is 32.5 Å². The third-order valence-corrected chi connectivity index (χ3v) is 6.28. The second-order valence-electron chi connectivity index (χ2n) is 7.32. The van der Waals surface area contributed by atoms with E-state index in [-0.39, 0.29) is 6.54 Å². The fourth-order valence-electron chi connectivity index (χ4n) is 3.78. The Morgan fingerprint density at radius 2 is 2.07 bits per heavy atom. The van der Waals surface area contributed by atoms with Gasteiger partial charge in [0.05, 0.1) is 17.6 Å². The number of amides is 1. The minimum absolute atomic E-state index is 0.0355. The summed E-state index contributed by atoms with van der Waals surface area (Å²) in [6.45, 7) is 2.12. The molecule has 146 valence electrons. The molecule has 0 radical (unpaired) electrons. The van der Waals surface area contributed by atoms with E-state index in [1.54, 1.807) is 23.7 Å². The number of carbonyl (C=O) groups is 1. The highest BCUT2D eigenvalue weighted by Gasteiger charge is 2.23. The van der Waals surface area contributed by atoms with Crippen LogP contribution in [0.3, 0.4) is 0 Å². The number of hydrogen-bond donors (Lipinski definition) is 2. The molecule has 3 aromatic heterocycles. The van der Waals surface area contributed by atoms with Gasteiger partial charge in [-0.15, -0.1) is 11.3 Å². The molecule has 8 heteroatoms. The van der Waals surface area contributed by atoms with Crippen LogP contribution in [0.5, 0.6) is 0 Å². The van der Waals surface area contributed by atoms with E-state index in [0.29, 0.717) is 11.6 Å². The summed E-state index contributed by atoms with van der Waals surface area (Å²) in [5.74, 6) is 0.0821. The van der Waals surface area contributed by atoms with Crippen LogP contribution >= 0.6 is 11.3 Å². The van der Waals surface area contributed by atoms with Gasteiger partial charge in [-0.3, -0.25) is 9.48 Å². The van der Waals surface area contributed by atoms with Gasteiger partial charge in [-0.1, -0.05) is 29.8 Å². The topological polar surface area (TPSA) is 98.7 Å². The van der Waals surface area contributed by atoms with Crippen molar-refractivity contribution in [2.24, 2.45) is 5.73 Å². The summed E-state index contributed by atoms with van der Waals surface area (Å²) in [6.07, 6.45) is 6.76. The predicted octanol–water partition coefficient (Wildman–Crippen LogP) is 3.58. The molecule has 0 unspecified atom stereocenters. The van der Waals surface area contributed by atoms with Crippen molar-refractivity contribution in [3.05, 3.63) is 52.7 Å². The zero-order chi connectivity index (χ0) is 20.0. The van der Waals surface area contributed by atoms with Gasteiger partial charge in [0.25, 0.3) is 0 Å². The van der Waals surface area contributed by atoms with E-state index in [1.807, 2.05) is 0 Å². The van der Waals surface area contributed by atoms with Crippen LogP contribution in [0.25, 0.3) is 21.5 Å². The summed E-state index contributed by atoms with van der Waals surface area (Å²) in [5, 5.41) is 8.55. The first-order valence-electron chi connectivity index (χ1n) is 9.54. The van der Waals surface area contributed by atoms with Crippen LogP contribution in [0.15, 0.2) is 36.7 Å². The number of hydrogen-bond acceptors (Lipinski definition) is 6. The smallest absolute Gasteiger partial charge is 0.239 e. The molecule has 0 fully saturated rings. The Bertz CT molecular complexity index is 1220. The number of anilines is 2. The normalized spacial score (nSPS) is 13.0. The maximum atomic E-state index is 11.1. The first-order valence-corrected chi connectivity index (χ1v) is 10.4. The Hall–Kier alpha value is -3.26. The molecule has 4 aromatic rings. The molecule has 0 bridgehead atoms. The lowest BCUT2D eigenvalue weighted by molar-refractivity contribution is -0.118. The van der Waals surface area contributed by atoms with Crippen molar-refractivity contribution < 1.29 is 4.79 Å². The molecule has 0 aliphatic heterocycles. The number of rotatable bonds is 5. The minimum Gasteiger partial charge on any atom is -0.368 e. The van der Waals surface area contributed by atoms with E-state index in [2.05, 4.69) is 41.6 Å². The Morgan fingerprint density at radius 1 is 1.24 bits per heavy atom. The molecule has 0 atom stereocenters. The first-order chi connectivity index (χ1) is 14.1. The number of carbonyl (C=O) groups excluding carboxylic acids is 1. The standard InChI is InChI=1S/C21H20N6OS/c1-12-5-7-13(8-6-12)19-18-15-3-2-4-16(15)29-20(18)26-21(25-19)24-14-9-23-27(10-14)11-17(22)28/h5-10H,2-4,11H2,1H3,(H2,22,28)(H,24,25,26).